The van der Waals surface area contributed by atoms with Gasteiger partial charge in [-0.15, -0.1) is 0 Å². The van der Waals surface area contributed by atoms with Gasteiger partial charge in [-0.3, -0.25) is 19.2 Å². The molecule has 1 saturated heterocycles. The molecule has 24 heteroatoms. The van der Waals surface area contributed by atoms with E-state index >= 15 is 0 Å². The number of aromatic amines is 1. The van der Waals surface area contributed by atoms with E-state index in [-0.39, 0.29) is 113 Å². The zero-order chi connectivity index (χ0) is 76.5. The number of halogens is 6. The number of ketones is 3. The lowest BCUT2D eigenvalue weighted by Crippen LogP contribution is -2.24. The maximum Gasteiger partial charge on any atom is 0.257 e. The van der Waals surface area contributed by atoms with Gasteiger partial charge in [-0.25, -0.2) is 13.2 Å². The number of H-pyrrole nitrogens is 1. The van der Waals surface area contributed by atoms with Crippen LogP contribution in [0.15, 0.2) is 205 Å². The molecule has 1 aliphatic heterocycles. The fourth-order valence-corrected chi connectivity index (χ4v) is 12.1. The van der Waals surface area contributed by atoms with E-state index in [9.17, 15) is 37.5 Å². The third kappa shape index (κ3) is 19.8. The largest absolute Gasteiger partial charge is 0.488 e. The smallest absolute Gasteiger partial charge is 0.257 e. The average Bonchev–Trinajstić information content (AvgIpc) is 0.776. The number of carbonyl (C=O) groups is 3. The number of benzene rings is 9. The van der Waals surface area contributed by atoms with Crippen LogP contribution in [0, 0.1) is 17.5 Å². The Labute approximate surface area is 636 Å². The van der Waals surface area contributed by atoms with Crippen LogP contribution in [0.3, 0.4) is 0 Å². The molecule has 1 aliphatic rings. The van der Waals surface area contributed by atoms with Crippen LogP contribution in [0.4, 0.5) is 47.7 Å². The van der Waals surface area contributed by atoms with Crippen molar-refractivity contribution in [3.8, 4) is 29.0 Å². The van der Waals surface area contributed by atoms with Crippen LogP contribution < -0.4 is 45.2 Å². The van der Waals surface area contributed by atoms with Crippen molar-refractivity contribution in [2.45, 2.75) is 85.4 Å². The lowest BCUT2D eigenvalue weighted by Gasteiger charge is -2.22. The highest BCUT2D eigenvalue weighted by atomic mass is 35.5. The standard InChI is InChI=1S/C32H32ClFN2O5.C27H24ClFN2O4.C25H20ClFN2O3/c1-20(2)41-27-15-14-23(19-26(27)34)35-31-29(30(37)21-10-12-22(33)13-11-21)24-7-3-4-8-25(24)32(36-31)40-18-17-39-28-9-5-6-16-38-28;1-16(2)35-23-12-11-19(15-22(23)29)30-26-24(25(33)17-7-9-18(28)10-8-17)20-5-3-4-6-21(20)27(31-26)34-14-13-32;1-14(2)32-21-12-11-17(13-20(21)27)28-24-22(23(30)15-7-9-16(26)10-8-15)18-5-3-4-6-19(18)25(31)29-24/h3-4,7-8,10-15,19-20,28H,5-6,9,16-18H2,1-2H3,(H,35,36);3-12,15-16,32H,13-14H2,1-2H3,(H,30,31);3-14H,1-2H3,(H2,28,29,31). The van der Waals surface area contributed by atoms with Crippen molar-refractivity contribution in [3.05, 3.63) is 276 Å². The average molecular weight is 1520 g/mol. The summed E-state index contributed by atoms with van der Waals surface area (Å²) >= 11 is 18.0. The highest BCUT2D eigenvalue weighted by molar-refractivity contribution is 6.32. The number of fused-ring (bicyclic) bond motifs is 3. The summed E-state index contributed by atoms with van der Waals surface area (Å²) < 4.78 is 83.6. The Morgan fingerprint density at radius 3 is 1.23 bits per heavy atom. The molecule has 0 amide bonds. The topological polar surface area (TPSA) is 231 Å². The Hall–Kier alpha value is -11.0. The first-order chi connectivity index (χ1) is 52.1. The Bertz CT molecular complexity index is 5260. The summed E-state index contributed by atoms with van der Waals surface area (Å²) in [5.41, 5.74) is 2.91. The van der Waals surface area contributed by atoms with E-state index in [1.54, 1.807) is 153 Å². The number of nitrogens with zero attached hydrogens (tertiary/aromatic N) is 2. The second-order valence-electron chi connectivity index (χ2n) is 25.5. The van der Waals surface area contributed by atoms with Crippen molar-refractivity contribution in [3.63, 3.8) is 0 Å². The molecule has 18 nitrogen and oxygen atoms in total. The molecule has 5 N–H and O–H groups in total. The summed E-state index contributed by atoms with van der Waals surface area (Å²) in [6.45, 7) is 12.0. The van der Waals surface area contributed by atoms with Gasteiger partial charge in [0.05, 0.1) is 48.2 Å². The number of carbonyl (C=O) groups excluding carboxylic acids is 3. The lowest BCUT2D eigenvalue weighted by molar-refractivity contribution is -0.165. The fourth-order valence-electron chi connectivity index (χ4n) is 11.7. The van der Waals surface area contributed by atoms with Gasteiger partial charge in [-0.1, -0.05) is 89.4 Å². The Morgan fingerprint density at radius 2 is 0.852 bits per heavy atom. The quantitative estimate of drug-likeness (QED) is 0.0251. The van der Waals surface area contributed by atoms with Gasteiger partial charge in [0.15, 0.2) is 58.3 Å². The first kappa shape index (κ1) is 78.0. The summed E-state index contributed by atoms with van der Waals surface area (Å²) in [6, 6.07) is 54.4. The van der Waals surface area contributed by atoms with Crippen LogP contribution >= 0.6 is 34.8 Å². The Morgan fingerprint density at radius 1 is 0.481 bits per heavy atom. The van der Waals surface area contributed by atoms with Crippen LogP contribution in [-0.2, 0) is 9.47 Å². The Balaban J connectivity index is 0.000000163. The van der Waals surface area contributed by atoms with E-state index in [2.05, 4.69) is 25.9 Å². The lowest BCUT2D eigenvalue weighted by atomic mass is 9.98. The van der Waals surface area contributed by atoms with Crippen molar-refractivity contribution in [1.29, 1.82) is 0 Å². The number of aliphatic hydroxyl groups excluding tert-OH is 1. The molecule has 3 aromatic heterocycles. The predicted molar refractivity (Wildman–Crippen MR) is 417 cm³/mol. The molecule has 556 valence electrons. The van der Waals surface area contributed by atoms with Gasteiger partial charge in [0.2, 0.25) is 11.8 Å². The maximum atomic E-state index is 14.9. The molecule has 108 heavy (non-hydrogen) atoms. The maximum absolute atomic E-state index is 14.9. The van der Waals surface area contributed by atoms with E-state index in [4.69, 9.17) is 72.9 Å². The number of hydrogen-bond acceptors (Lipinski definition) is 17. The molecule has 12 aromatic rings. The zero-order valence-electron chi connectivity index (χ0n) is 59.6. The number of hydrogen-bond donors (Lipinski definition) is 5. The Kier molecular flexibility index (Phi) is 26.4. The van der Waals surface area contributed by atoms with Crippen LogP contribution in [0.25, 0.3) is 32.3 Å². The van der Waals surface area contributed by atoms with Gasteiger partial charge < -0.3 is 59.2 Å². The predicted octanol–water partition coefficient (Wildman–Crippen LogP) is 20.0. The third-order valence-electron chi connectivity index (χ3n) is 16.5. The van der Waals surface area contributed by atoms with Gasteiger partial charge in [0.1, 0.15) is 30.7 Å². The second kappa shape index (κ2) is 36.5. The van der Waals surface area contributed by atoms with Crippen molar-refractivity contribution < 1.29 is 65.8 Å². The van der Waals surface area contributed by atoms with Crippen molar-refractivity contribution in [1.82, 2.24) is 15.0 Å². The highest BCUT2D eigenvalue weighted by Crippen LogP contribution is 2.39. The summed E-state index contributed by atoms with van der Waals surface area (Å²) in [6.07, 6.45) is 2.20. The molecule has 0 saturated carbocycles. The fraction of sp³-hybridized carbons (Fsp3) is 0.214. The van der Waals surface area contributed by atoms with Gasteiger partial charge in [-0.2, -0.15) is 9.97 Å². The summed E-state index contributed by atoms with van der Waals surface area (Å²) in [4.78, 5) is 65.6. The molecular formula is C84H76Cl3F3N6O12. The number of anilines is 6. The first-order valence-corrected chi connectivity index (χ1v) is 35.9. The zero-order valence-corrected chi connectivity index (χ0v) is 61.9. The molecule has 1 unspecified atom stereocenters. The molecule has 1 fully saturated rings. The molecule has 1 atom stereocenters. The van der Waals surface area contributed by atoms with E-state index < -0.39 is 17.5 Å². The molecule has 0 bridgehead atoms. The number of pyridine rings is 3. The summed E-state index contributed by atoms with van der Waals surface area (Å²) in [7, 11) is 0. The van der Waals surface area contributed by atoms with Crippen LogP contribution in [-0.4, -0.2) is 95.0 Å². The molecule has 9 aromatic carbocycles. The monoisotopic (exact) mass is 1520 g/mol. The van der Waals surface area contributed by atoms with Gasteiger partial charge in [-0.05, 0) is 188 Å². The molecular weight excluding hydrogens is 1450 g/mol. The molecule has 0 aliphatic carbocycles. The molecule has 0 spiro atoms. The van der Waals surface area contributed by atoms with E-state index in [0.717, 1.165) is 19.3 Å². The van der Waals surface area contributed by atoms with Gasteiger partial charge >= 0.3 is 0 Å². The van der Waals surface area contributed by atoms with Crippen molar-refractivity contribution in [2.75, 3.05) is 49.0 Å². The number of nitrogens with one attached hydrogen (secondary N) is 4. The molecule has 13 rings (SSSR count). The van der Waals surface area contributed by atoms with Gasteiger partial charge in [0, 0.05) is 106 Å². The molecule has 4 heterocycles. The minimum Gasteiger partial charge on any atom is -0.488 e. The SMILES string of the molecule is CC(C)Oc1ccc(Nc2[nH]c(=O)c3ccccc3c2C(=O)c2ccc(Cl)cc2)cc1F.CC(C)Oc1ccc(Nc2nc(OCCO)c3ccccc3c2C(=O)c2ccc(Cl)cc2)cc1F.CC(C)Oc1ccc(Nc2nc(OCCOC3CCCCO3)c3ccccc3c2C(=O)c2ccc(Cl)cc2)cc1F. The van der Waals surface area contributed by atoms with Gasteiger partial charge in [0.25, 0.3) is 5.56 Å². The third-order valence-corrected chi connectivity index (χ3v) is 17.2. The van der Waals surface area contributed by atoms with E-state index in [0.29, 0.717) is 111 Å². The van der Waals surface area contributed by atoms with Crippen LogP contribution in [0.5, 0.6) is 29.0 Å². The highest BCUT2D eigenvalue weighted by Gasteiger charge is 2.27. The summed E-state index contributed by atoms with van der Waals surface area (Å²) in [5.74, 6) is -0.966. The molecule has 0 radical (unpaired) electrons. The first-order valence-electron chi connectivity index (χ1n) is 34.8. The number of aliphatic hydroxyl groups is 1. The van der Waals surface area contributed by atoms with Crippen LogP contribution in [0.1, 0.15) is 109 Å². The number of aromatic nitrogens is 3. The normalized spacial score (nSPS) is 12.6. The van der Waals surface area contributed by atoms with E-state index in [1.165, 1.54) is 30.3 Å². The van der Waals surface area contributed by atoms with E-state index in [1.807, 2.05) is 58.0 Å². The minimum absolute atomic E-state index is 0.0246. The van der Waals surface area contributed by atoms with Crippen LogP contribution in [0.2, 0.25) is 15.1 Å². The minimum atomic E-state index is -0.558. The second-order valence-corrected chi connectivity index (χ2v) is 26.8. The number of rotatable bonds is 26. The summed E-state index contributed by atoms with van der Waals surface area (Å²) in [5, 5.41) is 23.4. The van der Waals surface area contributed by atoms with Crippen molar-refractivity contribution in [2.24, 2.45) is 0 Å². The number of ether oxygens (including phenoxy) is 7. The van der Waals surface area contributed by atoms with Crippen molar-refractivity contribution >= 4 is 119 Å².